The topological polar surface area (TPSA) is 75.7 Å². The second-order valence-corrected chi connectivity index (χ2v) is 8.39. The highest BCUT2D eigenvalue weighted by Crippen LogP contribution is 2.21. The van der Waals surface area contributed by atoms with E-state index in [4.69, 9.17) is 4.74 Å². The maximum Gasteiger partial charge on any atom is 0.240 e. The molecule has 0 aliphatic rings. The smallest absolute Gasteiger partial charge is 0.240 e. The van der Waals surface area contributed by atoms with Crippen molar-refractivity contribution in [1.29, 1.82) is 0 Å². The zero-order chi connectivity index (χ0) is 20.0. The Hall–Kier alpha value is -2.54. The fraction of sp³-hybridized carbons (Fsp3) is 0.350. The molecule has 2 aromatic carbocycles. The molecule has 0 unspecified atom stereocenters. The van der Waals surface area contributed by atoms with Gasteiger partial charge >= 0.3 is 0 Å². The average molecular weight is 391 g/mol. The van der Waals surface area contributed by atoms with Gasteiger partial charge in [0.2, 0.25) is 15.9 Å². The van der Waals surface area contributed by atoms with Gasteiger partial charge in [0.15, 0.2) is 0 Å². The molecule has 0 fully saturated rings. The van der Waals surface area contributed by atoms with Crippen LogP contribution in [0.2, 0.25) is 0 Å². The monoisotopic (exact) mass is 390 g/mol. The van der Waals surface area contributed by atoms with Crippen LogP contribution in [0.5, 0.6) is 5.75 Å². The van der Waals surface area contributed by atoms with E-state index in [2.05, 4.69) is 5.32 Å². The first-order chi connectivity index (χ1) is 12.7. The molecule has 1 N–H and O–H groups in total. The molecule has 146 valence electrons. The van der Waals surface area contributed by atoms with Crippen LogP contribution >= 0.6 is 0 Å². The molecule has 0 atom stereocenters. The SMILES string of the molecule is COc1ccc(CCNC(=O)CN(c2ccc(C)c(C)c2)S(C)(=O)=O)cc1. The van der Waals surface area contributed by atoms with Crippen LogP contribution in [-0.4, -0.2) is 40.8 Å². The van der Waals surface area contributed by atoms with Crippen molar-refractivity contribution in [2.45, 2.75) is 20.3 Å². The summed E-state index contributed by atoms with van der Waals surface area (Å²) in [6.45, 7) is 4.05. The van der Waals surface area contributed by atoms with Crippen molar-refractivity contribution in [2.75, 3.05) is 30.8 Å². The summed E-state index contributed by atoms with van der Waals surface area (Å²) in [6.07, 6.45) is 1.76. The van der Waals surface area contributed by atoms with E-state index >= 15 is 0 Å². The maximum absolute atomic E-state index is 12.3. The second-order valence-electron chi connectivity index (χ2n) is 6.49. The second kappa shape index (κ2) is 8.90. The Balaban J connectivity index is 1.98. The van der Waals surface area contributed by atoms with Crippen LogP contribution in [0.4, 0.5) is 5.69 Å². The lowest BCUT2D eigenvalue weighted by Gasteiger charge is -2.22. The molecule has 2 aromatic rings. The van der Waals surface area contributed by atoms with Gasteiger partial charge in [0.05, 0.1) is 19.1 Å². The van der Waals surface area contributed by atoms with Gasteiger partial charge in [-0.2, -0.15) is 0 Å². The predicted octanol–water partition coefficient (Wildman–Crippen LogP) is 2.44. The van der Waals surface area contributed by atoms with Gasteiger partial charge in [-0.3, -0.25) is 9.10 Å². The lowest BCUT2D eigenvalue weighted by atomic mass is 10.1. The maximum atomic E-state index is 12.3. The van der Waals surface area contributed by atoms with E-state index in [1.165, 1.54) is 0 Å². The van der Waals surface area contributed by atoms with E-state index in [1.807, 2.05) is 44.2 Å². The number of carbonyl (C=O) groups excluding carboxylic acids is 1. The first-order valence-electron chi connectivity index (χ1n) is 8.65. The van der Waals surface area contributed by atoms with Gasteiger partial charge in [-0.05, 0) is 61.2 Å². The molecule has 0 radical (unpaired) electrons. The van der Waals surface area contributed by atoms with Crippen LogP contribution in [-0.2, 0) is 21.2 Å². The molecule has 0 heterocycles. The number of carbonyl (C=O) groups is 1. The minimum atomic E-state index is -3.57. The number of rotatable bonds is 8. The fourth-order valence-electron chi connectivity index (χ4n) is 2.61. The number of ether oxygens (including phenoxy) is 1. The van der Waals surface area contributed by atoms with Crippen LogP contribution < -0.4 is 14.4 Å². The van der Waals surface area contributed by atoms with E-state index in [9.17, 15) is 13.2 Å². The number of nitrogens with zero attached hydrogens (tertiary/aromatic N) is 1. The zero-order valence-electron chi connectivity index (χ0n) is 16.2. The van der Waals surface area contributed by atoms with E-state index in [0.29, 0.717) is 18.7 Å². The Bertz CT molecular complexity index is 893. The predicted molar refractivity (Wildman–Crippen MR) is 108 cm³/mol. The van der Waals surface area contributed by atoms with E-state index in [0.717, 1.165) is 33.0 Å². The molecule has 0 aromatic heterocycles. The molecule has 0 spiro atoms. The van der Waals surface area contributed by atoms with Gasteiger partial charge in [-0.25, -0.2) is 8.42 Å². The van der Waals surface area contributed by atoms with Crippen LogP contribution in [0, 0.1) is 13.8 Å². The summed E-state index contributed by atoms with van der Waals surface area (Å²) in [5, 5.41) is 2.78. The molecule has 0 aliphatic carbocycles. The third-order valence-corrected chi connectivity index (χ3v) is 5.50. The Morgan fingerprint density at radius 3 is 2.30 bits per heavy atom. The number of sulfonamides is 1. The minimum Gasteiger partial charge on any atom is -0.497 e. The summed E-state index contributed by atoms with van der Waals surface area (Å²) in [4.78, 5) is 12.3. The van der Waals surface area contributed by atoms with Gasteiger partial charge in [-0.15, -0.1) is 0 Å². The largest absolute Gasteiger partial charge is 0.497 e. The van der Waals surface area contributed by atoms with Gasteiger partial charge in [0, 0.05) is 6.54 Å². The van der Waals surface area contributed by atoms with Crippen LogP contribution in [0.3, 0.4) is 0 Å². The first-order valence-corrected chi connectivity index (χ1v) is 10.5. The first kappa shape index (κ1) is 20.8. The molecule has 2 rings (SSSR count). The minimum absolute atomic E-state index is 0.246. The molecule has 7 heteroatoms. The highest BCUT2D eigenvalue weighted by molar-refractivity contribution is 7.92. The number of nitrogens with one attached hydrogen (secondary N) is 1. The Kier molecular flexibility index (Phi) is 6.85. The van der Waals surface area contributed by atoms with Crippen molar-refractivity contribution < 1.29 is 17.9 Å². The fourth-order valence-corrected chi connectivity index (χ4v) is 3.45. The molecule has 6 nitrogen and oxygen atoms in total. The molecule has 1 amide bonds. The van der Waals surface area contributed by atoms with Gasteiger partial charge < -0.3 is 10.1 Å². The highest BCUT2D eigenvalue weighted by atomic mass is 32.2. The normalized spacial score (nSPS) is 11.1. The average Bonchev–Trinajstić information content (AvgIpc) is 2.62. The third kappa shape index (κ3) is 5.99. The summed E-state index contributed by atoms with van der Waals surface area (Å²) in [7, 11) is -1.96. The van der Waals surface area contributed by atoms with E-state index < -0.39 is 10.0 Å². The van der Waals surface area contributed by atoms with E-state index in [1.54, 1.807) is 19.2 Å². The molecule has 0 saturated carbocycles. The summed E-state index contributed by atoms with van der Waals surface area (Å²) in [5.41, 5.74) is 3.59. The molecule has 0 bridgehead atoms. The van der Waals surface area contributed by atoms with Gasteiger partial charge in [0.25, 0.3) is 0 Å². The lowest BCUT2D eigenvalue weighted by Crippen LogP contribution is -2.41. The summed E-state index contributed by atoms with van der Waals surface area (Å²) in [5.74, 6) is 0.437. The number of hydrogen-bond donors (Lipinski definition) is 1. The molecule has 0 saturated heterocycles. The molecular formula is C20H26N2O4S. The van der Waals surface area contributed by atoms with Crippen LogP contribution in [0.15, 0.2) is 42.5 Å². The summed E-state index contributed by atoms with van der Waals surface area (Å²) >= 11 is 0. The van der Waals surface area contributed by atoms with Gasteiger partial charge in [-0.1, -0.05) is 18.2 Å². The summed E-state index contributed by atoms with van der Waals surface area (Å²) < 4.78 is 30.5. The van der Waals surface area contributed by atoms with Gasteiger partial charge in [0.1, 0.15) is 12.3 Å². The number of anilines is 1. The Morgan fingerprint density at radius 1 is 1.07 bits per heavy atom. The van der Waals surface area contributed by atoms with Crippen molar-refractivity contribution in [2.24, 2.45) is 0 Å². The number of hydrogen-bond acceptors (Lipinski definition) is 4. The number of amides is 1. The number of aryl methyl sites for hydroxylation is 2. The lowest BCUT2D eigenvalue weighted by molar-refractivity contribution is -0.119. The van der Waals surface area contributed by atoms with Crippen molar-refractivity contribution >= 4 is 21.6 Å². The van der Waals surface area contributed by atoms with Crippen molar-refractivity contribution in [1.82, 2.24) is 5.32 Å². The third-order valence-electron chi connectivity index (χ3n) is 4.36. The number of methoxy groups -OCH3 is 1. The van der Waals surface area contributed by atoms with Crippen molar-refractivity contribution in [3.05, 3.63) is 59.2 Å². The molecule has 0 aliphatic heterocycles. The quantitative estimate of drug-likeness (QED) is 0.751. The molecular weight excluding hydrogens is 364 g/mol. The number of benzene rings is 2. The Morgan fingerprint density at radius 2 is 1.74 bits per heavy atom. The Labute approximate surface area is 161 Å². The van der Waals surface area contributed by atoms with Crippen molar-refractivity contribution in [3.8, 4) is 5.75 Å². The van der Waals surface area contributed by atoms with Crippen LogP contribution in [0.1, 0.15) is 16.7 Å². The van der Waals surface area contributed by atoms with E-state index in [-0.39, 0.29) is 12.5 Å². The standard InChI is InChI=1S/C20H26N2O4S/c1-15-5-8-18(13-16(15)2)22(27(4,24)25)14-20(23)21-12-11-17-6-9-19(26-3)10-7-17/h5-10,13H,11-12,14H2,1-4H3,(H,21,23). The summed E-state index contributed by atoms with van der Waals surface area (Å²) in [6, 6.07) is 12.9. The van der Waals surface area contributed by atoms with Crippen LogP contribution in [0.25, 0.3) is 0 Å². The van der Waals surface area contributed by atoms with Crippen molar-refractivity contribution in [3.63, 3.8) is 0 Å². The zero-order valence-corrected chi connectivity index (χ0v) is 17.0. The highest BCUT2D eigenvalue weighted by Gasteiger charge is 2.21. The molecule has 27 heavy (non-hydrogen) atoms.